The first-order valence-corrected chi connectivity index (χ1v) is 6.77. The highest BCUT2D eigenvalue weighted by atomic mass is 79.9. The van der Waals surface area contributed by atoms with Crippen LogP contribution in [0.5, 0.6) is 0 Å². The van der Waals surface area contributed by atoms with Crippen molar-refractivity contribution in [2.45, 2.75) is 0 Å². The molecule has 0 aromatic carbocycles. The van der Waals surface area contributed by atoms with Gasteiger partial charge < -0.3 is 4.84 Å². The molecule has 0 aromatic rings. The quantitative estimate of drug-likeness (QED) is 0.569. The first-order valence-electron chi connectivity index (χ1n) is 3.28. The normalized spacial score (nSPS) is 33.4. The first-order chi connectivity index (χ1) is 5.69. The van der Waals surface area contributed by atoms with E-state index in [1.54, 1.807) is 6.21 Å². The van der Waals surface area contributed by atoms with Crippen molar-refractivity contribution in [2.24, 2.45) is 5.16 Å². The average Bonchev–Trinajstić information content (AvgIpc) is 2.34. The first kappa shape index (κ1) is 10.2. The van der Waals surface area contributed by atoms with E-state index in [1.807, 2.05) is 17.6 Å². The fourth-order valence-corrected chi connectivity index (χ4v) is 3.45. The number of halogens is 2. The molecule has 0 fully saturated rings. The van der Waals surface area contributed by atoms with Gasteiger partial charge in [0, 0.05) is 5.75 Å². The van der Waals surface area contributed by atoms with Gasteiger partial charge in [-0.25, -0.2) is 0 Å². The van der Waals surface area contributed by atoms with Crippen LogP contribution in [-0.2, 0) is 4.84 Å². The van der Waals surface area contributed by atoms with E-state index in [0.717, 1.165) is 3.81 Å². The summed E-state index contributed by atoms with van der Waals surface area (Å²) in [7, 11) is 6.49. The molecule has 1 atom stereocenters. The van der Waals surface area contributed by atoms with E-state index in [4.69, 9.17) is 10.7 Å². The Kier molecular flexibility index (Phi) is 3.68. The standard InChI is InChI=1S/C7H9BrClNOS/c1-11-10-4-6-12(9)5-2-3-7(12)8/h2-5H,6H2,1H3/b10-4+. The van der Waals surface area contributed by atoms with Gasteiger partial charge in [0.15, 0.2) is 0 Å². The minimum Gasteiger partial charge on any atom is -0.399 e. The van der Waals surface area contributed by atoms with E-state index in [1.165, 1.54) is 7.11 Å². The summed E-state index contributed by atoms with van der Waals surface area (Å²) in [6.07, 6.45) is 5.60. The van der Waals surface area contributed by atoms with Crippen LogP contribution in [0, 0.1) is 0 Å². The molecule has 12 heavy (non-hydrogen) atoms. The highest BCUT2D eigenvalue weighted by Crippen LogP contribution is 2.65. The maximum atomic E-state index is 6.29. The van der Waals surface area contributed by atoms with Crippen molar-refractivity contribution in [3.63, 3.8) is 0 Å². The second-order valence-corrected chi connectivity index (χ2v) is 7.63. The summed E-state index contributed by atoms with van der Waals surface area (Å²) >= 11 is 3.41. The Labute approximate surface area is 86.2 Å². The lowest BCUT2D eigenvalue weighted by Crippen LogP contribution is -1.94. The van der Waals surface area contributed by atoms with Crippen molar-refractivity contribution < 1.29 is 4.84 Å². The Bertz CT molecular complexity index is 254. The van der Waals surface area contributed by atoms with Gasteiger partial charge in [-0.15, -0.1) is 9.24 Å². The van der Waals surface area contributed by atoms with Crippen LogP contribution in [0.2, 0.25) is 0 Å². The largest absolute Gasteiger partial charge is 0.399 e. The lowest BCUT2D eigenvalue weighted by molar-refractivity contribution is 0.215. The molecule has 0 aromatic heterocycles. The molecule has 0 spiro atoms. The van der Waals surface area contributed by atoms with E-state index in [-0.39, 0.29) is 0 Å². The fourth-order valence-electron chi connectivity index (χ4n) is 0.766. The number of hydrogen-bond donors (Lipinski definition) is 0. The van der Waals surface area contributed by atoms with Crippen LogP contribution in [0.25, 0.3) is 0 Å². The zero-order valence-corrected chi connectivity index (χ0v) is 9.69. The van der Waals surface area contributed by atoms with Crippen LogP contribution < -0.4 is 0 Å². The number of allylic oxidation sites excluding steroid dienone is 2. The summed E-state index contributed by atoms with van der Waals surface area (Å²) in [4.78, 5) is 4.55. The Morgan fingerprint density at radius 1 is 1.83 bits per heavy atom. The number of nitrogens with zero attached hydrogens (tertiary/aromatic N) is 1. The highest BCUT2D eigenvalue weighted by Gasteiger charge is 2.23. The molecule has 1 aliphatic heterocycles. The lowest BCUT2D eigenvalue weighted by atomic mass is 10.6. The average molecular weight is 271 g/mol. The molecule has 1 rings (SSSR count). The Balaban J connectivity index is 2.56. The summed E-state index contributed by atoms with van der Waals surface area (Å²) in [5.41, 5.74) is 0. The molecule has 0 saturated carbocycles. The predicted molar refractivity (Wildman–Crippen MR) is 60.0 cm³/mol. The monoisotopic (exact) mass is 269 g/mol. The second-order valence-electron chi connectivity index (χ2n) is 2.14. The molecule has 0 aliphatic carbocycles. The molecule has 2 nitrogen and oxygen atoms in total. The fraction of sp³-hybridized carbons (Fsp3) is 0.286. The molecule has 5 heteroatoms. The zero-order valence-electron chi connectivity index (χ0n) is 6.54. The molecule has 0 bridgehead atoms. The van der Waals surface area contributed by atoms with E-state index < -0.39 is 9.24 Å². The molecule has 0 N–H and O–H groups in total. The zero-order chi connectivity index (χ0) is 9.03. The van der Waals surface area contributed by atoms with Gasteiger partial charge in [0.2, 0.25) is 0 Å². The Morgan fingerprint density at radius 2 is 2.58 bits per heavy atom. The third-order valence-electron chi connectivity index (χ3n) is 1.34. The van der Waals surface area contributed by atoms with Crippen LogP contribution in [0.15, 0.2) is 26.5 Å². The predicted octanol–water partition coefficient (Wildman–Crippen LogP) is 3.34. The third kappa shape index (κ3) is 2.28. The van der Waals surface area contributed by atoms with Crippen molar-refractivity contribution in [1.82, 2.24) is 0 Å². The smallest absolute Gasteiger partial charge is 0.106 e. The number of hydrogen-bond acceptors (Lipinski definition) is 2. The van der Waals surface area contributed by atoms with E-state index in [0.29, 0.717) is 5.75 Å². The van der Waals surface area contributed by atoms with Gasteiger partial charge in [-0.1, -0.05) is 21.9 Å². The van der Waals surface area contributed by atoms with Gasteiger partial charge in [0.1, 0.15) is 7.11 Å². The van der Waals surface area contributed by atoms with Gasteiger partial charge in [-0.3, -0.25) is 0 Å². The Hall–Kier alpha value is 0.0700. The Morgan fingerprint density at radius 3 is 3.08 bits per heavy atom. The lowest BCUT2D eigenvalue weighted by Gasteiger charge is -2.23. The van der Waals surface area contributed by atoms with E-state index in [2.05, 4.69) is 25.9 Å². The second kappa shape index (κ2) is 4.35. The molecule has 68 valence electrons. The van der Waals surface area contributed by atoms with Crippen LogP contribution in [0.3, 0.4) is 0 Å². The molecular weight excluding hydrogens is 262 g/mol. The maximum Gasteiger partial charge on any atom is 0.106 e. The van der Waals surface area contributed by atoms with Gasteiger partial charge >= 0.3 is 0 Å². The molecule has 0 saturated heterocycles. The minimum absolute atomic E-state index is 0.704. The van der Waals surface area contributed by atoms with E-state index in [9.17, 15) is 0 Å². The molecule has 1 heterocycles. The molecular formula is C7H9BrClNOS. The molecule has 0 radical (unpaired) electrons. The SMILES string of the molecule is CO/N=C/CS1(Cl)C=CC=C1Br. The van der Waals surface area contributed by atoms with Crippen molar-refractivity contribution in [3.05, 3.63) is 21.4 Å². The van der Waals surface area contributed by atoms with Crippen LogP contribution in [0.1, 0.15) is 0 Å². The number of oxime groups is 1. The maximum absolute atomic E-state index is 6.29. The van der Waals surface area contributed by atoms with Gasteiger partial charge in [-0.2, -0.15) is 0 Å². The van der Waals surface area contributed by atoms with Crippen LogP contribution in [0.4, 0.5) is 0 Å². The van der Waals surface area contributed by atoms with Crippen molar-refractivity contribution in [3.8, 4) is 0 Å². The molecule has 1 unspecified atom stereocenters. The molecule has 1 aliphatic rings. The van der Waals surface area contributed by atoms with Crippen LogP contribution >= 0.6 is 35.9 Å². The van der Waals surface area contributed by atoms with Crippen molar-refractivity contribution >= 4 is 42.1 Å². The van der Waals surface area contributed by atoms with Gasteiger partial charge in [-0.05, 0) is 27.4 Å². The van der Waals surface area contributed by atoms with E-state index >= 15 is 0 Å². The summed E-state index contributed by atoms with van der Waals surface area (Å²) in [6, 6.07) is 0. The highest BCUT2D eigenvalue weighted by molar-refractivity contribution is 9.15. The van der Waals surface area contributed by atoms with Gasteiger partial charge in [0.05, 0.1) is 10.0 Å². The third-order valence-corrected chi connectivity index (χ3v) is 7.09. The summed E-state index contributed by atoms with van der Waals surface area (Å²) < 4.78 is 1.04. The van der Waals surface area contributed by atoms with Crippen LogP contribution in [-0.4, -0.2) is 19.1 Å². The summed E-state index contributed by atoms with van der Waals surface area (Å²) in [5.74, 6) is 0.704. The minimum atomic E-state index is -1.31. The van der Waals surface area contributed by atoms with Gasteiger partial charge in [0.25, 0.3) is 0 Å². The van der Waals surface area contributed by atoms with Crippen molar-refractivity contribution in [1.29, 1.82) is 0 Å². The summed E-state index contributed by atoms with van der Waals surface area (Å²) in [6.45, 7) is 0. The summed E-state index contributed by atoms with van der Waals surface area (Å²) in [5, 5.41) is 5.64. The number of rotatable bonds is 3. The molecule has 0 amide bonds. The van der Waals surface area contributed by atoms with Crippen molar-refractivity contribution in [2.75, 3.05) is 12.9 Å². The topological polar surface area (TPSA) is 21.6 Å².